The average Bonchev–Trinajstić information content (AvgIpc) is 2.69. The van der Waals surface area contributed by atoms with Gasteiger partial charge in [0.25, 0.3) is 0 Å². The molecule has 1 aromatic rings. The van der Waals surface area contributed by atoms with Gasteiger partial charge in [0.1, 0.15) is 11.4 Å². The summed E-state index contributed by atoms with van der Waals surface area (Å²) in [4.78, 5) is 28.8. The summed E-state index contributed by atoms with van der Waals surface area (Å²) in [6.45, 7) is 11.5. The van der Waals surface area contributed by atoms with Crippen LogP contribution in [-0.2, 0) is 9.53 Å². The molecular weight excluding hydrogens is 418 g/mol. The Balaban J connectivity index is 1.81. The molecule has 2 amide bonds. The van der Waals surface area contributed by atoms with Gasteiger partial charge >= 0.3 is 6.09 Å². The van der Waals surface area contributed by atoms with Crippen molar-refractivity contribution >= 4 is 12.0 Å². The summed E-state index contributed by atoms with van der Waals surface area (Å²) >= 11 is 0. The highest BCUT2D eigenvalue weighted by Gasteiger charge is 2.30. The van der Waals surface area contributed by atoms with Crippen LogP contribution < -0.4 is 4.74 Å². The van der Waals surface area contributed by atoms with E-state index in [1.807, 2.05) is 39.5 Å². The molecule has 1 heterocycles. The summed E-state index contributed by atoms with van der Waals surface area (Å²) in [5.41, 5.74) is -0.558. The highest BCUT2D eigenvalue weighted by Crippen LogP contribution is 2.22. The third-order valence-electron chi connectivity index (χ3n) is 5.26. The number of nitrogens with zero attached hydrogens (tertiary/aromatic N) is 2. The number of amides is 2. The van der Waals surface area contributed by atoms with E-state index in [0.29, 0.717) is 26.1 Å². The highest BCUT2D eigenvalue weighted by atomic mass is 19.1. The van der Waals surface area contributed by atoms with Crippen molar-refractivity contribution in [1.82, 2.24) is 9.80 Å². The van der Waals surface area contributed by atoms with E-state index in [2.05, 4.69) is 0 Å². The van der Waals surface area contributed by atoms with Gasteiger partial charge in [-0.1, -0.05) is 0 Å². The number of piperidine rings is 1. The lowest BCUT2D eigenvalue weighted by Gasteiger charge is -2.37. The molecule has 2 rings (SSSR count). The normalized spacial score (nSPS) is 16.8. The number of hydrogen-bond donors (Lipinski definition) is 0. The molecule has 1 fully saturated rings. The molecule has 0 spiro atoms. The standard InChI is InChI=1S/C24H36F2N2O4/c1-17(2)28(23(30)32-24(3,4)5)16-18-8-6-12-27(15-18)22(29)9-7-13-31-21-11-10-19(25)14-20(21)26/h10-11,14,17-18H,6-9,12-13,15-16H2,1-5H3. The monoisotopic (exact) mass is 454 g/mol. The van der Waals surface area contributed by atoms with Crippen LogP contribution in [0.2, 0.25) is 0 Å². The van der Waals surface area contributed by atoms with Crippen molar-refractivity contribution in [3.63, 3.8) is 0 Å². The maximum Gasteiger partial charge on any atom is 0.410 e. The van der Waals surface area contributed by atoms with Gasteiger partial charge in [0.05, 0.1) is 6.61 Å². The Morgan fingerprint density at radius 2 is 1.97 bits per heavy atom. The largest absolute Gasteiger partial charge is 0.491 e. The molecule has 0 aliphatic carbocycles. The fourth-order valence-electron chi connectivity index (χ4n) is 3.69. The summed E-state index contributed by atoms with van der Waals surface area (Å²) in [5, 5.41) is 0. The number of benzene rings is 1. The molecule has 6 nitrogen and oxygen atoms in total. The van der Waals surface area contributed by atoms with Crippen molar-refractivity contribution in [3.8, 4) is 5.75 Å². The summed E-state index contributed by atoms with van der Waals surface area (Å²) < 4.78 is 37.4. The smallest absolute Gasteiger partial charge is 0.410 e. The van der Waals surface area contributed by atoms with E-state index >= 15 is 0 Å². The Kier molecular flexibility index (Phi) is 9.28. The second-order valence-corrected chi connectivity index (χ2v) is 9.60. The maximum atomic E-state index is 13.6. The zero-order valence-corrected chi connectivity index (χ0v) is 19.8. The number of carbonyl (C=O) groups excluding carboxylic acids is 2. The van der Waals surface area contributed by atoms with Crippen LogP contribution in [0.1, 0.15) is 60.3 Å². The molecule has 8 heteroatoms. The van der Waals surface area contributed by atoms with E-state index in [-0.39, 0.29) is 42.7 Å². The molecule has 1 aliphatic rings. The fourth-order valence-corrected chi connectivity index (χ4v) is 3.69. The Bertz CT molecular complexity index is 780. The van der Waals surface area contributed by atoms with E-state index < -0.39 is 17.2 Å². The lowest BCUT2D eigenvalue weighted by Crippen LogP contribution is -2.48. The topological polar surface area (TPSA) is 59.1 Å². The van der Waals surface area contributed by atoms with Crippen molar-refractivity contribution in [2.75, 3.05) is 26.2 Å². The van der Waals surface area contributed by atoms with Gasteiger partial charge in [-0.25, -0.2) is 13.6 Å². The van der Waals surface area contributed by atoms with Gasteiger partial charge in [-0.05, 0) is 71.9 Å². The van der Waals surface area contributed by atoms with Gasteiger partial charge in [-0.2, -0.15) is 0 Å². The second-order valence-electron chi connectivity index (χ2n) is 9.60. The van der Waals surface area contributed by atoms with Crippen molar-refractivity contribution in [1.29, 1.82) is 0 Å². The maximum absolute atomic E-state index is 13.6. The molecule has 1 unspecified atom stereocenters. The van der Waals surface area contributed by atoms with Gasteiger partial charge in [-0.3, -0.25) is 4.79 Å². The first-order chi connectivity index (χ1) is 15.0. The van der Waals surface area contributed by atoms with Gasteiger partial charge in [0, 0.05) is 38.2 Å². The van der Waals surface area contributed by atoms with E-state index in [1.54, 1.807) is 4.90 Å². The minimum absolute atomic E-state index is 0.0000612. The van der Waals surface area contributed by atoms with Crippen LogP contribution in [0.3, 0.4) is 0 Å². The summed E-state index contributed by atoms with van der Waals surface area (Å²) in [6, 6.07) is 3.15. The predicted molar refractivity (Wildman–Crippen MR) is 118 cm³/mol. The van der Waals surface area contributed by atoms with E-state index in [0.717, 1.165) is 25.0 Å². The van der Waals surface area contributed by atoms with E-state index in [4.69, 9.17) is 9.47 Å². The third-order valence-corrected chi connectivity index (χ3v) is 5.26. The van der Waals surface area contributed by atoms with Gasteiger partial charge in [0.15, 0.2) is 11.6 Å². The molecular formula is C24H36F2N2O4. The number of halogens is 2. The van der Waals surface area contributed by atoms with Crippen LogP contribution in [0.15, 0.2) is 18.2 Å². The third kappa shape index (κ3) is 8.28. The highest BCUT2D eigenvalue weighted by molar-refractivity contribution is 5.76. The molecule has 0 saturated carbocycles. The van der Waals surface area contributed by atoms with Crippen LogP contribution in [0.5, 0.6) is 5.75 Å². The summed E-state index contributed by atoms with van der Waals surface area (Å²) in [7, 11) is 0. The zero-order chi connectivity index (χ0) is 23.9. The Morgan fingerprint density at radius 1 is 1.25 bits per heavy atom. The summed E-state index contributed by atoms with van der Waals surface area (Å²) in [6.07, 6.45) is 2.22. The number of likely N-dealkylation sites (tertiary alicyclic amines) is 1. The van der Waals surface area contributed by atoms with Gasteiger partial charge in [-0.15, -0.1) is 0 Å². The zero-order valence-electron chi connectivity index (χ0n) is 19.8. The first-order valence-corrected chi connectivity index (χ1v) is 11.3. The molecule has 180 valence electrons. The fraction of sp³-hybridized carbons (Fsp3) is 0.667. The molecule has 1 aromatic carbocycles. The minimum atomic E-state index is -0.755. The van der Waals surface area contributed by atoms with Crippen molar-refractivity contribution in [2.24, 2.45) is 5.92 Å². The van der Waals surface area contributed by atoms with Crippen LogP contribution in [0.25, 0.3) is 0 Å². The number of rotatable bonds is 8. The van der Waals surface area contributed by atoms with E-state index in [1.165, 1.54) is 6.07 Å². The number of hydrogen-bond acceptors (Lipinski definition) is 4. The van der Waals surface area contributed by atoms with Crippen molar-refractivity contribution in [3.05, 3.63) is 29.8 Å². The molecule has 0 aromatic heterocycles. The van der Waals surface area contributed by atoms with Crippen LogP contribution >= 0.6 is 0 Å². The molecule has 0 radical (unpaired) electrons. The Morgan fingerprint density at radius 3 is 2.59 bits per heavy atom. The van der Waals surface area contributed by atoms with E-state index in [9.17, 15) is 18.4 Å². The molecule has 1 aliphatic heterocycles. The molecule has 0 bridgehead atoms. The molecule has 1 saturated heterocycles. The van der Waals surface area contributed by atoms with Gasteiger partial charge < -0.3 is 19.3 Å². The second kappa shape index (κ2) is 11.5. The number of ether oxygens (including phenoxy) is 2. The molecule has 1 atom stereocenters. The lowest BCUT2D eigenvalue weighted by molar-refractivity contribution is -0.133. The first-order valence-electron chi connectivity index (χ1n) is 11.3. The van der Waals surface area contributed by atoms with Crippen LogP contribution in [0, 0.1) is 17.6 Å². The molecule has 0 N–H and O–H groups in total. The SMILES string of the molecule is CC(C)N(CC1CCCN(C(=O)CCCOc2ccc(F)cc2F)C1)C(=O)OC(C)(C)C. The quantitative estimate of drug-likeness (QED) is 0.518. The summed E-state index contributed by atoms with van der Waals surface area (Å²) in [5.74, 6) is -1.23. The van der Waals surface area contributed by atoms with Crippen molar-refractivity contribution in [2.45, 2.75) is 71.9 Å². The van der Waals surface area contributed by atoms with Crippen LogP contribution in [0.4, 0.5) is 13.6 Å². The Hall–Kier alpha value is -2.38. The van der Waals surface area contributed by atoms with Crippen molar-refractivity contribution < 1.29 is 27.8 Å². The average molecular weight is 455 g/mol. The lowest BCUT2D eigenvalue weighted by atomic mass is 9.96. The molecule has 32 heavy (non-hydrogen) atoms. The minimum Gasteiger partial charge on any atom is -0.491 e. The first kappa shape index (κ1) is 25.9. The van der Waals surface area contributed by atoms with Crippen LogP contribution in [-0.4, -0.2) is 59.7 Å². The van der Waals surface area contributed by atoms with Gasteiger partial charge in [0.2, 0.25) is 5.91 Å². The number of carbonyl (C=O) groups is 2. The Labute approximate surface area is 189 Å². The predicted octanol–water partition coefficient (Wildman–Crippen LogP) is 5.01.